The van der Waals surface area contributed by atoms with Crippen LogP contribution in [0, 0.1) is 0 Å². The lowest BCUT2D eigenvalue weighted by atomic mass is 10.1. The highest BCUT2D eigenvalue weighted by molar-refractivity contribution is 6.31. The zero-order valence-corrected chi connectivity index (χ0v) is 14.6. The third-order valence-electron chi connectivity index (χ3n) is 4.54. The highest BCUT2D eigenvalue weighted by atomic mass is 35.5. The average molecular weight is 349 g/mol. The number of nitrogens with zero attached hydrogens (tertiary/aromatic N) is 6. The minimum Gasteiger partial charge on any atom is -0.340 e. The summed E-state index contributed by atoms with van der Waals surface area (Å²) in [5.41, 5.74) is 0.880. The average Bonchev–Trinajstić information content (AvgIpc) is 3.02. The first-order valence-electron chi connectivity index (χ1n) is 8.03. The molecule has 2 heterocycles. The van der Waals surface area contributed by atoms with Crippen LogP contribution in [0.5, 0.6) is 0 Å². The molecule has 1 aromatic heterocycles. The minimum atomic E-state index is 0.121. The summed E-state index contributed by atoms with van der Waals surface area (Å²) in [6.07, 6.45) is 0.350. The number of tetrazole rings is 1. The Labute approximate surface area is 146 Å². The molecule has 1 aliphatic rings. The summed E-state index contributed by atoms with van der Waals surface area (Å²) in [7, 11) is 1.84. The Bertz CT molecular complexity index is 710. The maximum Gasteiger partial charge on any atom is 0.227 e. The summed E-state index contributed by atoms with van der Waals surface area (Å²) in [5.74, 6) is 0.960. The first-order valence-corrected chi connectivity index (χ1v) is 8.41. The van der Waals surface area contributed by atoms with Crippen LogP contribution in [0.4, 0.5) is 0 Å². The largest absolute Gasteiger partial charge is 0.340 e. The van der Waals surface area contributed by atoms with Crippen molar-refractivity contribution < 1.29 is 4.79 Å². The molecule has 0 aliphatic carbocycles. The van der Waals surface area contributed by atoms with E-state index in [1.54, 1.807) is 4.68 Å². The van der Waals surface area contributed by atoms with E-state index < -0.39 is 0 Å². The molecule has 3 rings (SSSR count). The van der Waals surface area contributed by atoms with Gasteiger partial charge in [0.05, 0.1) is 12.5 Å². The van der Waals surface area contributed by atoms with E-state index in [2.05, 4.69) is 27.3 Å². The Morgan fingerprint density at radius 2 is 1.96 bits per heavy atom. The van der Waals surface area contributed by atoms with Gasteiger partial charge in [-0.05, 0) is 29.0 Å². The van der Waals surface area contributed by atoms with Crippen LogP contribution < -0.4 is 0 Å². The van der Waals surface area contributed by atoms with Gasteiger partial charge in [-0.2, -0.15) is 0 Å². The Balaban J connectivity index is 1.56. The van der Waals surface area contributed by atoms with Crippen molar-refractivity contribution in [2.45, 2.75) is 19.4 Å². The standard InChI is InChI=1S/C16H21ClN6O/c1-12(16-18-19-20-21(16)2)22-7-9-23(10-8-22)15(24)11-13-5-3-4-6-14(13)17/h3-6,12H,7-11H2,1-2H3/t12-/m1/s1. The van der Waals surface area contributed by atoms with E-state index in [0.717, 1.165) is 24.5 Å². The molecule has 0 saturated carbocycles. The first kappa shape index (κ1) is 16.9. The molecule has 7 nitrogen and oxygen atoms in total. The molecule has 0 radical (unpaired) electrons. The highest BCUT2D eigenvalue weighted by Gasteiger charge is 2.27. The van der Waals surface area contributed by atoms with Crippen LogP contribution in [0.15, 0.2) is 24.3 Å². The number of carbonyl (C=O) groups excluding carboxylic acids is 1. The lowest BCUT2D eigenvalue weighted by Gasteiger charge is -2.37. The topological polar surface area (TPSA) is 67.2 Å². The second-order valence-corrected chi connectivity index (χ2v) is 6.43. The van der Waals surface area contributed by atoms with Crippen LogP contribution in [0.3, 0.4) is 0 Å². The van der Waals surface area contributed by atoms with Crippen LogP contribution in [0.2, 0.25) is 5.02 Å². The number of halogens is 1. The van der Waals surface area contributed by atoms with Crippen molar-refractivity contribution in [3.63, 3.8) is 0 Å². The van der Waals surface area contributed by atoms with Gasteiger partial charge in [0, 0.05) is 38.2 Å². The summed E-state index contributed by atoms with van der Waals surface area (Å²) in [5, 5.41) is 12.3. The number of hydrogen-bond donors (Lipinski definition) is 0. The SMILES string of the molecule is C[C@H](c1nnnn1C)N1CCN(C(=O)Cc2ccccc2Cl)CC1. The second-order valence-electron chi connectivity index (χ2n) is 6.02. The number of aromatic nitrogens is 4. The first-order chi connectivity index (χ1) is 11.6. The van der Waals surface area contributed by atoms with Gasteiger partial charge in [0.2, 0.25) is 5.91 Å². The Kier molecular flexibility index (Phi) is 5.11. The van der Waals surface area contributed by atoms with Crippen molar-refractivity contribution in [2.24, 2.45) is 7.05 Å². The molecule has 2 aromatic rings. The molecule has 24 heavy (non-hydrogen) atoms. The van der Waals surface area contributed by atoms with Gasteiger partial charge in [-0.1, -0.05) is 29.8 Å². The molecule has 1 fully saturated rings. The number of carbonyl (C=O) groups is 1. The van der Waals surface area contributed by atoms with E-state index in [1.165, 1.54) is 0 Å². The van der Waals surface area contributed by atoms with Gasteiger partial charge in [0.1, 0.15) is 0 Å². The Morgan fingerprint density at radius 1 is 1.25 bits per heavy atom. The number of benzene rings is 1. The number of amides is 1. The Hall–Kier alpha value is -1.99. The molecule has 8 heteroatoms. The van der Waals surface area contributed by atoms with Crippen molar-refractivity contribution in [2.75, 3.05) is 26.2 Å². The molecular formula is C16H21ClN6O. The zero-order chi connectivity index (χ0) is 17.1. The number of rotatable bonds is 4. The molecule has 0 spiro atoms. The predicted molar refractivity (Wildman–Crippen MR) is 90.5 cm³/mol. The van der Waals surface area contributed by atoms with E-state index in [-0.39, 0.29) is 11.9 Å². The lowest BCUT2D eigenvalue weighted by Crippen LogP contribution is -2.50. The molecule has 1 amide bonds. The van der Waals surface area contributed by atoms with Crippen molar-refractivity contribution in [1.29, 1.82) is 0 Å². The molecule has 1 atom stereocenters. The van der Waals surface area contributed by atoms with Gasteiger partial charge in [-0.15, -0.1) is 5.10 Å². The second kappa shape index (κ2) is 7.27. The van der Waals surface area contributed by atoms with Crippen molar-refractivity contribution in [1.82, 2.24) is 30.0 Å². The maximum atomic E-state index is 12.5. The van der Waals surface area contributed by atoms with E-state index in [9.17, 15) is 4.79 Å². The summed E-state index contributed by atoms with van der Waals surface area (Å²) in [6.45, 7) is 5.12. The Morgan fingerprint density at radius 3 is 2.58 bits per heavy atom. The fraction of sp³-hybridized carbons (Fsp3) is 0.500. The molecule has 1 aliphatic heterocycles. The fourth-order valence-electron chi connectivity index (χ4n) is 3.03. The predicted octanol–water partition coefficient (Wildman–Crippen LogP) is 1.31. The van der Waals surface area contributed by atoms with Crippen LogP contribution in [-0.2, 0) is 18.3 Å². The smallest absolute Gasteiger partial charge is 0.227 e. The van der Waals surface area contributed by atoms with Gasteiger partial charge in [-0.25, -0.2) is 4.68 Å². The maximum absolute atomic E-state index is 12.5. The summed E-state index contributed by atoms with van der Waals surface area (Å²) >= 11 is 6.14. The van der Waals surface area contributed by atoms with Gasteiger partial charge >= 0.3 is 0 Å². The van der Waals surface area contributed by atoms with Gasteiger partial charge in [-0.3, -0.25) is 9.69 Å². The van der Waals surface area contributed by atoms with Crippen LogP contribution in [-0.4, -0.2) is 62.1 Å². The van der Waals surface area contributed by atoms with Gasteiger partial charge in [0.25, 0.3) is 0 Å². The normalized spacial score (nSPS) is 17.0. The molecule has 1 saturated heterocycles. The quantitative estimate of drug-likeness (QED) is 0.833. The summed E-state index contributed by atoms with van der Waals surface area (Å²) in [6, 6.07) is 7.63. The van der Waals surface area contributed by atoms with E-state index in [1.807, 2.05) is 36.2 Å². The molecular weight excluding hydrogens is 328 g/mol. The summed E-state index contributed by atoms with van der Waals surface area (Å²) in [4.78, 5) is 16.7. The third kappa shape index (κ3) is 3.57. The van der Waals surface area contributed by atoms with Crippen molar-refractivity contribution in [3.8, 4) is 0 Å². The number of piperazine rings is 1. The molecule has 0 unspecified atom stereocenters. The van der Waals surface area contributed by atoms with Gasteiger partial charge in [0.15, 0.2) is 5.82 Å². The molecule has 0 N–H and O–H groups in total. The van der Waals surface area contributed by atoms with Crippen LogP contribution in [0.25, 0.3) is 0 Å². The number of hydrogen-bond acceptors (Lipinski definition) is 5. The van der Waals surface area contributed by atoms with Crippen LogP contribution in [0.1, 0.15) is 24.4 Å². The van der Waals surface area contributed by atoms with Gasteiger partial charge < -0.3 is 4.90 Å². The molecule has 1 aromatic carbocycles. The van der Waals surface area contributed by atoms with Crippen LogP contribution >= 0.6 is 11.6 Å². The van der Waals surface area contributed by atoms with E-state index in [0.29, 0.717) is 24.5 Å². The van der Waals surface area contributed by atoms with E-state index >= 15 is 0 Å². The lowest BCUT2D eigenvalue weighted by molar-refractivity contribution is -0.132. The fourth-order valence-corrected chi connectivity index (χ4v) is 3.23. The third-order valence-corrected chi connectivity index (χ3v) is 4.91. The zero-order valence-electron chi connectivity index (χ0n) is 13.9. The number of aryl methyl sites for hydroxylation is 1. The van der Waals surface area contributed by atoms with E-state index in [4.69, 9.17) is 11.6 Å². The summed E-state index contributed by atoms with van der Waals surface area (Å²) < 4.78 is 1.69. The van der Waals surface area contributed by atoms with Crippen molar-refractivity contribution in [3.05, 3.63) is 40.7 Å². The highest BCUT2D eigenvalue weighted by Crippen LogP contribution is 2.20. The van der Waals surface area contributed by atoms with Crippen molar-refractivity contribution >= 4 is 17.5 Å². The molecule has 0 bridgehead atoms. The minimum absolute atomic E-state index is 0.121. The monoisotopic (exact) mass is 348 g/mol. The molecule has 128 valence electrons.